The monoisotopic (exact) mass is 423 g/mol. The minimum absolute atomic E-state index is 0.0796. The number of hydrogen-bond donors (Lipinski definition) is 4. The lowest BCUT2D eigenvalue weighted by Gasteiger charge is -2.13. The number of benzene rings is 3. The molecule has 3 aromatic rings. The van der Waals surface area contributed by atoms with Crippen molar-refractivity contribution < 1.29 is 35.8 Å². The summed E-state index contributed by atoms with van der Waals surface area (Å²) in [5, 5.41) is 12.4. The molecule has 0 saturated heterocycles. The van der Waals surface area contributed by atoms with Gasteiger partial charge in [-0.3, -0.25) is 13.9 Å². The maximum absolute atomic E-state index is 12.4. The first kappa shape index (κ1) is 19.8. The number of carbonyl (C=O) groups is 1. The number of anilines is 1. The Hall–Kier alpha value is -2.99. The first-order valence-corrected chi connectivity index (χ1v) is 10.5. The summed E-state index contributed by atoms with van der Waals surface area (Å²) in [6.07, 6.45) is 0. The van der Waals surface area contributed by atoms with Crippen LogP contribution < -0.4 is 5.32 Å². The molecule has 146 valence electrons. The molecule has 11 heteroatoms. The molecule has 0 aromatic heterocycles. The van der Waals surface area contributed by atoms with Gasteiger partial charge in [0.25, 0.3) is 26.1 Å². The van der Waals surface area contributed by atoms with Gasteiger partial charge in [0.2, 0.25) is 0 Å². The molecule has 3 aromatic carbocycles. The summed E-state index contributed by atoms with van der Waals surface area (Å²) in [6.45, 7) is 0. The molecule has 3 rings (SSSR count). The van der Waals surface area contributed by atoms with Crippen LogP contribution >= 0.6 is 0 Å². The second kappa shape index (κ2) is 6.87. The smallest absolute Gasteiger partial charge is 0.294 e. The highest BCUT2D eigenvalue weighted by Gasteiger charge is 2.20. The van der Waals surface area contributed by atoms with Crippen LogP contribution in [0.3, 0.4) is 0 Å². The minimum atomic E-state index is -4.72. The van der Waals surface area contributed by atoms with Crippen LogP contribution in [0.25, 0.3) is 10.8 Å². The molecule has 1 amide bonds. The van der Waals surface area contributed by atoms with Gasteiger partial charge in [-0.25, -0.2) is 0 Å². The molecule has 0 unspecified atom stereocenters. The van der Waals surface area contributed by atoms with E-state index in [9.17, 15) is 35.8 Å². The summed E-state index contributed by atoms with van der Waals surface area (Å²) in [5.41, 5.74) is 0.0559. The van der Waals surface area contributed by atoms with Gasteiger partial charge in [-0.1, -0.05) is 18.2 Å². The van der Waals surface area contributed by atoms with Crippen LogP contribution in [0.4, 0.5) is 5.69 Å². The SMILES string of the molecule is O=C(Nc1cc(S(=O)(=O)O)cc2cc(S(=O)(=O)O)cc(O)c12)c1ccccc1. The van der Waals surface area contributed by atoms with Crippen molar-refractivity contribution in [2.45, 2.75) is 9.79 Å². The molecule has 0 aliphatic rings. The van der Waals surface area contributed by atoms with Crippen molar-refractivity contribution in [2.75, 3.05) is 5.32 Å². The maximum atomic E-state index is 12.4. The van der Waals surface area contributed by atoms with E-state index in [0.717, 1.165) is 24.3 Å². The van der Waals surface area contributed by atoms with Crippen molar-refractivity contribution in [2.24, 2.45) is 0 Å². The molecule has 9 nitrogen and oxygen atoms in total. The number of hydrogen-bond acceptors (Lipinski definition) is 6. The molecule has 0 spiro atoms. The molecule has 0 heterocycles. The molecule has 28 heavy (non-hydrogen) atoms. The molecule has 0 aliphatic heterocycles. The summed E-state index contributed by atoms with van der Waals surface area (Å²) < 4.78 is 64.4. The third-order valence-electron chi connectivity index (χ3n) is 3.86. The van der Waals surface area contributed by atoms with E-state index >= 15 is 0 Å². The van der Waals surface area contributed by atoms with Gasteiger partial charge in [-0.2, -0.15) is 16.8 Å². The number of rotatable bonds is 4. The molecular weight excluding hydrogens is 410 g/mol. The second-order valence-electron chi connectivity index (χ2n) is 5.78. The predicted octanol–water partition coefficient (Wildman–Crippen LogP) is 2.29. The Balaban J connectivity index is 2.27. The number of aromatic hydroxyl groups is 1. The van der Waals surface area contributed by atoms with Crippen LogP contribution in [0.5, 0.6) is 5.75 Å². The highest BCUT2D eigenvalue weighted by molar-refractivity contribution is 7.86. The Morgan fingerprint density at radius 3 is 1.89 bits per heavy atom. The van der Waals surface area contributed by atoms with Gasteiger partial charge in [-0.05, 0) is 35.7 Å². The van der Waals surface area contributed by atoms with Gasteiger partial charge in [0.15, 0.2) is 0 Å². The van der Waals surface area contributed by atoms with Crippen LogP contribution in [0.15, 0.2) is 64.4 Å². The number of phenolic OH excluding ortho intramolecular Hbond substituents is 1. The van der Waals surface area contributed by atoms with E-state index in [1.165, 1.54) is 12.1 Å². The highest BCUT2D eigenvalue weighted by Crippen LogP contribution is 2.36. The zero-order chi connectivity index (χ0) is 20.7. The average molecular weight is 423 g/mol. The molecule has 0 saturated carbocycles. The van der Waals surface area contributed by atoms with Crippen molar-refractivity contribution >= 4 is 42.6 Å². The van der Waals surface area contributed by atoms with Gasteiger partial charge < -0.3 is 10.4 Å². The Morgan fingerprint density at radius 2 is 1.36 bits per heavy atom. The van der Waals surface area contributed by atoms with E-state index in [2.05, 4.69) is 5.32 Å². The maximum Gasteiger partial charge on any atom is 0.294 e. The normalized spacial score (nSPS) is 12.1. The number of fused-ring (bicyclic) bond motifs is 1. The van der Waals surface area contributed by atoms with Gasteiger partial charge in [0.1, 0.15) is 5.75 Å². The summed E-state index contributed by atoms with van der Waals surface area (Å²) in [4.78, 5) is 11.1. The van der Waals surface area contributed by atoms with E-state index in [1.807, 2.05) is 0 Å². The fourth-order valence-corrected chi connectivity index (χ4v) is 3.70. The van der Waals surface area contributed by atoms with Crippen LogP contribution in [0, 0.1) is 0 Å². The molecule has 0 fully saturated rings. The zero-order valence-electron chi connectivity index (χ0n) is 13.9. The first-order chi connectivity index (χ1) is 13.0. The van der Waals surface area contributed by atoms with Crippen molar-refractivity contribution in [1.29, 1.82) is 0 Å². The van der Waals surface area contributed by atoms with E-state index in [-0.39, 0.29) is 22.0 Å². The van der Waals surface area contributed by atoms with E-state index in [0.29, 0.717) is 0 Å². The fourth-order valence-electron chi connectivity index (χ4n) is 2.62. The van der Waals surface area contributed by atoms with Crippen LogP contribution in [0.1, 0.15) is 10.4 Å². The fraction of sp³-hybridized carbons (Fsp3) is 0. The predicted molar refractivity (Wildman–Crippen MR) is 99.6 cm³/mol. The van der Waals surface area contributed by atoms with Crippen LogP contribution in [0.2, 0.25) is 0 Å². The van der Waals surface area contributed by atoms with Crippen LogP contribution in [-0.4, -0.2) is 37.0 Å². The lowest BCUT2D eigenvalue weighted by Crippen LogP contribution is -2.13. The Bertz CT molecular complexity index is 1290. The standard InChI is InChI=1S/C17H13NO8S2/c19-15-9-13(28(24,25)26)7-11-6-12(27(21,22)23)8-14(16(11)15)18-17(20)10-4-2-1-3-5-10/h1-9,19H,(H,18,20)(H,21,22,23)(H,24,25,26). The zero-order valence-corrected chi connectivity index (χ0v) is 15.5. The summed E-state index contributed by atoms with van der Waals surface area (Å²) >= 11 is 0. The topological polar surface area (TPSA) is 158 Å². The highest BCUT2D eigenvalue weighted by atomic mass is 32.2. The lowest BCUT2D eigenvalue weighted by atomic mass is 10.1. The largest absolute Gasteiger partial charge is 0.507 e. The number of amides is 1. The van der Waals surface area contributed by atoms with E-state index in [1.54, 1.807) is 18.2 Å². The summed E-state index contributed by atoms with van der Waals surface area (Å²) in [7, 11) is -9.43. The molecule has 0 radical (unpaired) electrons. The quantitative estimate of drug-likeness (QED) is 0.465. The van der Waals surface area contributed by atoms with E-state index < -0.39 is 41.7 Å². The van der Waals surface area contributed by atoms with Gasteiger partial charge >= 0.3 is 0 Å². The minimum Gasteiger partial charge on any atom is -0.507 e. The number of nitrogens with one attached hydrogen (secondary N) is 1. The van der Waals surface area contributed by atoms with Gasteiger partial charge in [0, 0.05) is 17.0 Å². The second-order valence-corrected chi connectivity index (χ2v) is 8.62. The first-order valence-electron chi connectivity index (χ1n) is 7.59. The van der Waals surface area contributed by atoms with Gasteiger partial charge in [-0.15, -0.1) is 0 Å². The number of phenols is 1. The van der Waals surface area contributed by atoms with Gasteiger partial charge in [0.05, 0.1) is 15.5 Å². The average Bonchev–Trinajstić information content (AvgIpc) is 2.60. The Morgan fingerprint density at radius 1 is 0.821 bits per heavy atom. The Kier molecular flexibility index (Phi) is 4.85. The van der Waals surface area contributed by atoms with Crippen molar-refractivity contribution in [3.8, 4) is 5.75 Å². The number of carbonyl (C=O) groups excluding carboxylic acids is 1. The molecule has 0 atom stereocenters. The molecular formula is C17H13NO8S2. The van der Waals surface area contributed by atoms with Crippen molar-refractivity contribution in [3.63, 3.8) is 0 Å². The molecule has 0 bridgehead atoms. The molecule has 0 aliphatic carbocycles. The van der Waals surface area contributed by atoms with E-state index in [4.69, 9.17) is 0 Å². The Labute approximate surface area is 159 Å². The van der Waals surface area contributed by atoms with Crippen molar-refractivity contribution in [3.05, 3.63) is 60.2 Å². The van der Waals surface area contributed by atoms with Crippen molar-refractivity contribution in [1.82, 2.24) is 0 Å². The third kappa shape index (κ3) is 3.97. The molecule has 4 N–H and O–H groups in total. The summed E-state index contributed by atoms with van der Waals surface area (Å²) in [5.74, 6) is -1.26. The third-order valence-corrected chi connectivity index (χ3v) is 5.52. The summed E-state index contributed by atoms with van der Waals surface area (Å²) in [6, 6.07) is 11.4. The lowest BCUT2D eigenvalue weighted by molar-refractivity contribution is 0.102. The van der Waals surface area contributed by atoms with Crippen LogP contribution in [-0.2, 0) is 20.2 Å².